The highest BCUT2D eigenvalue weighted by Crippen LogP contribution is 2.49. The first kappa shape index (κ1) is 20.0. The third-order valence-corrected chi connectivity index (χ3v) is 7.32. The maximum absolute atomic E-state index is 2.32. The molecule has 0 aromatic heterocycles. The van der Waals surface area contributed by atoms with Crippen LogP contribution >= 0.6 is 0 Å². The summed E-state index contributed by atoms with van der Waals surface area (Å²) < 4.78 is 0. The Hall–Kier alpha value is -4.42. The van der Waals surface area contributed by atoms with Crippen molar-refractivity contribution < 1.29 is 0 Å². The minimum absolute atomic E-state index is 1.24. The maximum atomic E-state index is 2.32. The van der Waals surface area contributed by atoms with E-state index in [4.69, 9.17) is 0 Å². The van der Waals surface area contributed by atoms with Gasteiger partial charge in [0.15, 0.2) is 0 Å². The summed E-state index contributed by atoms with van der Waals surface area (Å²) in [6.07, 6.45) is 0. The third-order valence-electron chi connectivity index (χ3n) is 7.32. The molecule has 0 saturated heterocycles. The molecule has 1 aliphatic rings. The van der Waals surface area contributed by atoms with E-state index in [1.54, 1.807) is 0 Å². The molecule has 0 nitrogen and oxygen atoms in total. The molecule has 0 radical (unpaired) electrons. The molecular weight excluding hydrogens is 420 g/mol. The van der Waals surface area contributed by atoms with Crippen LogP contribution in [-0.4, -0.2) is 0 Å². The first-order valence-electron chi connectivity index (χ1n) is 12.2. The summed E-state index contributed by atoms with van der Waals surface area (Å²) in [5.74, 6) is 0. The van der Waals surface area contributed by atoms with Gasteiger partial charge in [-0.1, -0.05) is 133 Å². The van der Waals surface area contributed by atoms with Crippen molar-refractivity contribution in [1.29, 1.82) is 0 Å². The van der Waals surface area contributed by atoms with Crippen LogP contribution in [0.1, 0.15) is 5.56 Å². The monoisotopic (exact) mass is 444 g/mol. The van der Waals surface area contributed by atoms with E-state index in [-0.39, 0.29) is 0 Å². The second kappa shape index (κ2) is 7.82. The van der Waals surface area contributed by atoms with Crippen molar-refractivity contribution in [3.63, 3.8) is 0 Å². The van der Waals surface area contributed by atoms with E-state index in [9.17, 15) is 0 Å². The maximum Gasteiger partial charge on any atom is -0.00201 e. The quantitative estimate of drug-likeness (QED) is 0.254. The van der Waals surface area contributed by atoms with Crippen LogP contribution in [0.25, 0.3) is 66.4 Å². The van der Waals surface area contributed by atoms with Gasteiger partial charge in [0.1, 0.15) is 0 Å². The van der Waals surface area contributed by atoms with Gasteiger partial charge in [0.2, 0.25) is 0 Å². The number of benzene rings is 6. The Kier molecular flexibility index (Phi) is 4.47. The molecular formula is C35H24. The second-order valence-electron chi connectivity index (χ2n) is 9.46. The van der Waals surface area contributed by atoms with Crippen molar-refractivity contribution in [2.75, 3.05) is 0 Å². The van der Waals surface area contributed by atoms with Gasteiger partial charge in [0.25, 0.3) is 0 Å². The van der Waals surface area contributed by atoms with E-state index in [2.05, 4.69) is 134 Å². The van der Waals surface area contributed by atoms with Crippen molar-refractivity contribution in [3.8, 4) is 55.6 Å². The van der Waals surface area contributed by atoms with Crippen LogP contribution in [0, 0.1) is 6.92 Å². The average Bonchev–Trinajstić information content (AvgIpc) is 3.24. The lowest BCUT2D eigenvalue weighted by Gasteiger charge is -2.11. The van der Waals surface area contributed by atoms with E-state index in [0.717, 1.165) is 0 Å². The van der Waals surface area contributed by atoms with Crippen molar-refractivity contribution in [3.05, 3.63) is 133 Å². The summed E-state index contributed by atoms with van der Waals surface area (Å²) in [5, 5.41) is 2.71. The summed E-state index contributed by atoms with van der Waals surface area (Å²) in [6.45, 7) is 2.17. The Labute approximate surface area is 206 Å². The molecule has 0 heteroatoms. The molecule has 0 spiro atoms. The lowest BCUT2D eigenvalue weighted by molar-refractivity contribution is 1.48. The van der Waals surface area contributed by atoms with Crippen molar-refractivity contribution in [1.82, 2.24) is 0 Å². The topological polar surface area (TPSA) is 0 Å². The predicted octanol–water partition coefficient (Wildman–Crippen LogP) is 9.80. The van der Waals surface area contributed by atoms with Crippen molar-refractivity contribution in [2.24, 2.45) is 0 Å². The Morgan fingerprint density at radius 1 is 0.343 bits per heavy atom. The smallest absolute Gasteiger partial charge is 0.00201 e. The van der Waals surface area contributed by atoms with Gasteiger partial charge in [-0.2, -0.15) is 0 Å². The third kappa shape index (κ3) is 3.22. The normalized spacial score (nSPS) is 11.6. The van der Waals surface area contributed by atoms with Crippen molar-refractivity contribution >= 4 is 10.8 Å². The van der Waals surface area contributed by atoms with Crippen LogP contribution in [0.3, 0.4) is 0 Å². The van der Waals surface area contributed by atoms with Crippen LogP contribution in [0.2, 0.25) is 0 Å². The highest BCUT2D eigenvalue weighted by molar-refractivity contribution is 6.18. The number of hydrogen-bond donors (Lipinski definition) is 0. The first-order chi connectivity index (χ1) is 17.3. The molecule has 1 aliphatic carbocycles. The van der Waals surface area contributed by atoms with Gasteiger partial charge < -0.3 is 0 Å². The fraction of sp³-hybridized carbons (Fsp3) is 0.0286. The van der Waals surface area contributed by atoms with E-state index in [1.807, 2.05) is 0 Å². The number of rotatable bonds is 3. The van der Waals surface area contributed by atoms with Gasteiger partial charge in [-0.05, 0) is 73.3 Å². The molecule has 0 bridgehead atoms. The molecule has 0 aliphatic heterocycles. The Morgan fingerprint density at radius 2 is 0.886 bits per heavy atom. The summed E-state index contributed by atoms with van der Waals surface area (Å²) in [6, 6.07) is 46.5. The van der Waals surface area contributed by atoms with Crippen LogP contribution in [0.4, 0.5) is 0 Å². The first-order valence-corrected chi connectivity index (χ1v) is 12.2. The van der Waals surface area contributed by atoms with E-state index in [1.165, 1.54) is 72.0 Å². The average molecular weight is 445 g/mol. The molecule has 164 valence electrons. The molecule has 35 heavy (non-hydrogen) atoms. The number of hydrogen-bond acceptors (Lipinski definition) is 0. The summed E-state index contributed by atoms with van der Waals surface area (Å²) in [7, 11) is 0. The SMILES string of the molecule is Cc1ccc2c(c1)-c1cccc3c(-c4ccc(-c5ccc(-c6ccccc6)cc5)cc4)ccc-2c13. The standard InChI is InChI=1S/C35H24/c1-23-10-19-30-33-21-20-29(31-8-5-9-32(35(31)33)34(30)22-23)28-17-15-27(16-18-28)26-13-11-25(12-14-26)24-6-3-2-4-7-24/h2-22H,1H3. The van der Waals surface area contributed by atoms with Crippen LogP contribution < -0.4 is 0 Å². The number of aryl methyl sites for hydroxylation is 1. The highest BCUT2D eigenvalue weighted by Gasteiger charge is 2.22. The minimum Gasteiger partial charge on any atom is -0.0622 e. The minimum atomic E-state index is 1.24. The van der Waals surface area contributed by atoms with E-state index < -0.39 is 0 Å². The Bertz CT molecular complexity index is 1700. The van der Waals surface area contributed by atoms with E-state index in [0.29, 0.717) is 0 Å². The lowest BCUT2D eigenvalue weighted by Crippen LogP contribution is -1.85. The molecule has 0 fully saturated rings. The van der Waals surface area contributed by atoms with Crippen molar-refractivity contribution in [2.45, 2.75) is 6.92 Å². The van der Waals surface area contributed by atoms with Gasteiger partial charge in [0.05, 0.1) is 0 Å². The van der Waals surface area contributed by atoms with E-state index >= 15 is 0 Å². The summed E-state index contributed by atoms with van der Waals surface area (Å²) >= 11 is 0. The lowest BCUT2D eigenvalue weighted by atomic mass is 9.93. The Balaban J connectivity index is 1.26. The van der Waals surface area contributed by atoms with Crippen LogP contribution in [-0.2, 0) is 0 Å². The van der Waals surface area contributed by atoms with Gasteiger partial charge in [0, 0.05) is 0 Å². The second-order valence-corrected chi connectivity index (χ2v) is 9.46. The fourth-order valence-corrected chi connectivity index (χ4v) is 5.55. The van der Waals surface area contributed by atoms with Gasteiger partial charge in [-0.25, -0.2) is 0 Å². The molecule has 0 saturated carbocycles. The molecule has 0 amide bonds. The van der Waals surface area contributed by atoms with Gasteiger partial charge in [-0.3, -0.25) is 0 Å². The summed E-state index contributed by atoms with van der Waals surface area (Å²) in [5.41, 5.74) is 14.2. The number of fused-ring (bicyclic) bond motifs is 3. The zero-order valence-electron chi connectivity index (χ0n) is 19.6. The predicted molar refractivity (Wildman–Crippen MR) is 149 cm³/mol. The molecule has 6 aromatic carbocycles. The molecule has 0 unspecified atom stereocenters. The zero-order valence-corrected chi connectivity index (χ0v) is 19.6. The molecule has 0 atom stereocenters. The Morgan fingerprint density at radius 3 is 1.57 bits per heavy atom. The van der Waals surface area contributed by atoms with Crippen LogP contribution in [0.5, 0.6) is 0 Å². The van der Waals surface area contributed by atoms with Gasteiger partial charge >= 0.3 is 0 Å². The fourth-order valence-electron chi connectivity index (χ4n) is 5.55. The van der Waals surface area contributed by atoms with Gasteiger partial charge in [-0.15, -0.1) is 0 Å². The zero-order chi connectivity index (χ0) is 23.4. The molecule has 7 rings (SSSR count). The molecule has 0 heterocycles. The summed E-state index contributed by atoms with van der Waals surface area (Å²) in [4.78, 5) is 0. The largest absolute Gasteiger partial charge is 0.0622 e. The van der Waals surface area contributed by atoms with Crippen LogP contribution in [0.15, 0.2) is 127 Å². The highest BCUT2D eigenvalue weighted by atomic mass is 14.3. The molecule has 6 aromatic rings. The molecule has 0 N–H and O–H groups in total.